The molecule has 0 saturated carbocycles. The van der Waals surface area contributed by atoms with Crippen molar-refractivity contribution in [3.8, 4) is 0 Å². The predicted octanol–water partition coefficient (Wildman–Crippen LogP) is -4.73. The molecule has 22 nitrogen and oxygen atoms in total. The fourth-order valence-electron chi connectivity index (χ4n) is 6.57. The Labute approximate surface area is 330 Å². The van der Waals surface area contributed by atoms with Crippen LogP contribution in [0.1, 0.15) is 79.6 Å². The van der Waals surface area contributed by atoms with Gasteiger partial charge >= 0.3 is 5.97 Å². The molecule has 0 unspecified atom stereocenters. The van der Waals surface area contributed by atoms with E-state index >= 15 is 0 Å². The molecule has 0 bridgehead atoms. The highest BCUT2D eigenvalue weighted by Gasteiger charge is 2.42. The lowest BCUT2D eigenvalue weighted by Gasteiger charge is -2.33. The summed E-state index contributed by atoms with van der Waals surface area (Å²) in [4.78, 5) is 130. The summed E-state index contributed by atoms with van der Waals surface area (Å²) >= 11 is 0. The molecule has 0 aliphatic carbocycles. The molecule has 2 aliphatic rings. The molecule has 13 N–H and O–H groups in total. The van der Waals surface area contributed by atoms with E-state index in [2.05, 4.69) is 26.6 Å². The number of likely N-dealkylation sites (tertiary alicyclic amines) is 2. The van der Waals surface area contributed by atoms with Crippen LogP contribution in [0.25, 0.3) is 0 Å². The van der Waals surface area contributed by atoms with E-state index < -0.39 is 139 Å². The van der Waals surface area contributed by atoms with Crippen molar-refractivity contribution in [2.75, 3.05) is 19.7 Å². The first-order valence-corrected chi connectivity index (χ1v) is 18.9. The maximum Gasteiger partial charge on any atom is 0.326 e. The number of hydrogen-bond acceptors (Lipinski definition) is 12. The van der Waals surface area contributed by atoms with E-state index in [0.717, 1.165) is 0 Å². The first-order valence-electron chi connectivity index (χ1n) is 18.9. The Morgan fingerprint density at radius 3 is 1.67 bits per heavy atom. The van der Waals surface area contributed by atoms with E-state index in [4.69, 9.17) is 17.2 Å². The van der Waals surface area contributed by atoms with Crippen LogP contribution in [0.2, 0.25) is 0 Å². The van der Waals surface area contributed by atoms with Gasteiger partial charge in [0.05, 0.1) is 25.5 Å². The van der Waals surface area contributed by atoms with Gasteiger partial charge in [-0.25, -0.2) is 4.79 Å². The number of rotatable bonds is 21. The standard InChI is InChI=1S/C35H58N10O12/c1-6-17(4)27(34(55)45-12-8-9-22(45)30(51)40-20(35(56)57)14-25(38)48)43-29(50)21(15-46)41-32(53)26(16(2)3)42-31(52)23-10-7-11-44(23)33(54)18(5)39-28(49)19(36)13-24(37)47/h16-23,26-27,46H,6-15,36H2,1-5H3,(H2,37,47)(H2,38,48)(H,39,49)(H,40,51)(H,41,53)(H,42,52)(H,43,50)(H,56,57)/t17-,18-,19-,20-,21-,22-,23-,26-,27-/m0/s1. The Morgan fingerprint density at radius 2 is 1.19 bits per heavy atom. The van der Waals surface area contributed by atoms with Crippen molar-refractivity contribution < 1.29 is 58.2 Å². The fourth-order valence-corrected chi connectivity index (χ4v) is 6.57. The summed E-state index contributed by atoms with van der Waals surface area (Å²) in [5, 5.41) is 31.9. The summed E-state index contributed by atoms with van der Waals surface area (Å²) in [6.07, 6.45) is 0.515. The molecule has 0 spiro atoms. The third-order valence-electron chi connectivity index (χ3n) is 10.0. The zero-order valence-corrected chi connectivity index (χ0v) is 32.9. The molecule has 22 heteroatoms. The van der Waals surface area contributed by atoms with E-state index in [1.165, 1.54) is 16.7 Å². The van der Waals surface area contributed by atoms with Crippen molar-refractivity contribution in [2.24, 2.45) is 29.0 Å². The smallest absolute Gasteiger partial charge is 0.326 e. The van der Waals surface area contributed by atoms with E-state index in [1.54, 1.807) is 27.7 Å². The highest BCUT2D eigenvalue weighted by molar-refractivity contribution is 5.98. The number of carboxylic acids is 1. The van der Waals surface area contributed by atoms with Gasteiger partial charge in [0.25, 0.3) is 0 Å². The summed E-state index contributed by atoms with van der Waals surface area (Å²) in [7, 11) is 0. The number of primary amides is 2. The first-order chi connectivity index (χ1) is 26.6. The topological polar surface area (TPSA) is 356 Å². The Hall–Kier alpha value is -5.38. The van der Waals surface area contributed by atoms with E-state index in [-0.39, 0.29) is 25.9 Å². The van der Waals surface area contributed by atoms with Crippen LogP contribution in [0.5, 0.6) is 0 Å². The Morgan fingerprint density at radius 1 is 0.667 bits per heavy atom. The molecule has 2 rings (SSSR count). The lowest BCUT2D eigenvalue weighted by atomic mass is 9.96. The summed E-state index contributed by atoms with van der Waals surface area (Å²) in [6, 6.07) is -10.2. The van der Waals surface area contributed by atoms with E-state index in [0.29, 0.717) is 19.3 Å². The summed E-state index contributed by atoms with van der Waals surface area (Å²) in [6.45, 7) is 7.43. The number of carbonyl (C=O) groups excluding carboxylic acids is 9. The van der Waals surface area contributed by atoms with Crippen molar-refractivity contribution in [3.05, 3.63) is 0 Å². The van der Waals surface area contributed by atoms with Crippen LogP contribution in [-0.2, 0) is 47.9 Å². The Kier molecular flexibility index (Phi) is 18.3. The normalized spacial score (nSPS) is 20.2. The van der Waals surface area contributed by atoms with Crippen molar-refractivity contribution >= 4 is 59.1 Å². The number of nitrogens with zero attached hydrogens (tertiary/aromatic N) is 2. The average molecular weight is 811 g/mol. The quantitative estimate of drug-likeness (QED) is 0.0522. The molecule has 9 atom stereocenters. The summed E-state index contributed by atoms with van der Waals surface area (Å²) in [5.74, 6) is -9.65. The maximum atomic E-state index is 13.9. The van der Waals surface area contributed by atoms with Crippen molar-refractivity contribution in [2.45, 2.75) is 128 Å². The molecule has 0 aromatic heterocycles. The van der Waals surface area contributed by atoms with Crippen LogP contribution in [0.3, 0.4) is 0 Å². The third-order valence-corrected chi connectivity index (χ3v) is 10.0. The minimum Gasteiger partial charge on any atom is -0.480 e. The Bertz CT molecular complexity index is 1540. The molecule has 0 aromatic carbocycles. The van der Waals surface area contributed by atoms with Gasteiger partial charge in [-0.3, -0.25) is 43.2 Å². The molecule has 57 heavy (non-hydrogen) atoms. The molecular weight excluding hydrogens is 752 g/mol. The van der Waals surface area contributed by atoms with E-state index in [9.17, 15) is 58.2 Å². The molecule has 0 aromatic rings. The number of amides is 9. The van der Waals surface area contributed by atoms with Gasteiger partial charge < -0.3 is 63.8 Å². The molecule has 2 aliphatic heterocycles. The Balaban J connectivity index is 2.15. The van der Waals surface area contributed by atoms with Crippen LogP contribution in [0.4, 0.5) is 0 Å². The zero-order valence-electron chi connectivity index (χ0n) is 32.9. The van der Waals surface area contributed by atoms with Crippen LogP contribution >= 0.6 is 0 Å². The third kappa shape index (κ3) is 13.4. The van der Waals surface area contributed by atoms with Crippen molar-refractivity contribution in [1.29, 1.82) is 0 Å². The van der Waals surface area contributed by atoms with Gasteiger partial charge in [-0.05, 0) is 44.4 Å². The zero-order chi connectivity index (χ0) is 43.3. The van der Waals surface area contributed by atoms with Gasteiger partial charge in [-0.2, -0.15) is 0 Å². The van der Waals surface area contributed by atoms with Crippen LogP contribution in [0, 0.1) is 11.8 Å². The van der Waals surface area contributed by atoms with Crippen molar-refractivity contribution in [3.63, 3.8) is 0 Å². The molecule has 320 valence electrons. The second kappa shape index (κ2) is 21.8. The van der Waals surface area contributed by atoms with Gasteiger partial charge in [0.15, 0.2) is 0 Å². The number of aliphatic hydroxyl groups is 1. The van der Waals surface area contributed by atoms with Gasteiger partial charge in [0.1, 0.15) is 42.3 Å². The number of hydrogen-bond donors (Lipinski definition) is 10. The van der Waals surface area contributed by atoms with Crippen LogP contribution in [-0.4, -0.2) is 147 Å². The molecule has 2 heterocycles. The fraction of sp³-hybridized carbons (Fsp3) is 0.714. The van der Waals surface area contributed by atoms with Gasteiger partial charge in [-0.1, -0.05) is 34.1 Å². The summed E-state index contributed by atoms with van der Waals surface area (Å²) in [5.41, 5.74) is 15.9. The minimum atomic E-state index is -1.62. The van der Waals surface area contributed by atoms with Gasteiger partial charge in [0.2, 0.25) is 53.2 Å². The first kappa shape index (κ1) is 47.8. The number of aliphatic carboxylic acids is 1. The maximum absolute atomic E-state index is 13.9. The number of nitrogens with one attached hydrogen (secondary N) is 5. The SMILES string of the molecule is CC[C@H](C)[C@H](NC(=O)[C@H](CO)NC(=O)[C@@H](NC(=O)[C@@H]1CCCN1C(=O)[C@H](C)NC(=O)[C@@H](N)CC(N)=O)C(C)C)C(=O)N1CCC[C@H]1C(=O)N[C@@H](CC(N)=O)C(=O)O. The molecule has 0 radical (unpaired) electrons. The number of carbonyl (C=O) groups is 10. The lowest BCUT2D eigenvalue weighted by molar-refractivity contribution is -0.146. The average Bonchev–Trinajstić information content (AvgIpc) is 3.84. The van der Waals surface area contributed by atoms with Crippen LogP contribution in [0.15, 0.2) is 0 Å². The number of carboxylic acid groups (broad SMARTS) is 1. The highest BCUT2D eigenvalue weighted by Crippen LogP contribution is 2.23. The molecular formula is C35H58N10O12. The van der Waals surface area contributed by atoms with Crippen molar-refractivity contribution in [1.82, 2.24) is 36.4 Å². The van der Waals surface area contributed by atoms with Gasteiger partial charge in [0, 0.05) is 13.1 Å². The number of nitrogens with two attached hydrogens (primary N) is 3. The minimum absolute atomic E-state index is 0.103. The lowest BCUT2D eigenvalue weighted by Crippen LogP contribution is -2.62. The van der Waals surface area contributed by atoms with E-state index in [1.807, 2.05) is 0 Å². The highest BCUT2D eigenvalue weighted by atomic mass is 16.4. The molecule has 2 fully saturated rings. The second-order valence-electron chi connectivity index (χ2n) is 14.8. The number of aliphatic hydroxyl groups excluding tert-OH is 1. The monoisotopic (exact) mass is 810 g/mol. The summed E-state index contributed by atoms with van der Waals surface area (Å²) < 4.78 is 0. The largest absolute Gasteiger partial charge is 0.480 e. The molecule has 2 saturated heterocycles. The van der Waals surface area contributed by atoms with Gasteiger partial charge in [-0.15, -0.1) is 0 Å². The predicted molar refractivity (Wildman–Crippen MR) is 199 cm³/mol. The second-order valence-corrected chi connectivity index (χ2v) is 14.8. The molecule has 9 amide bonds. The van der Waals surface area contributed by atoms with Crippen LogP contribution < -0.4 is 43.8 Å².